The van der Waals surface area contributed by atoms with Crippen molar-refractivity contribution in [2.24, 2.45) is 0 Å². The van der Waals surface area contributed by atoms with Gasteiger partial charge in [-0.2, -0.15) is 0 Å². The van der Waals surface area contributed by atoms with Gasteiger partial charge < -0.3 is 4.74 Å². The van der Waals surface area contributed by atoms with Gasteiger partial charge in [0.2, 0.25) is 0 Å². The van der Waals surface area contributed by atoms with Crippen molar-refractivity contribution >= 4 is 11.8 Å². The molecule has 1 amide bonds. The molecule has 2 aromatic rings. The van der Waals surface area contributed by atoms with Crippen LogP contribution in [0.2, 0.25) is 0 Å². The molecule has 1 unspecified atom stereocenters. The van der Waals surface area contributed by atoms with Gasteiger partial charge in [0, 0.05) is 12.5 Å². The van der Waals surface area contributed by atoms with Gasteiger partial charge in [-0.1, -0.05) is 69.3 Å². The van der Waals surface area contributed by atoms with Crippen molar-refractivity contribution in [2.75, 3.05) is 11.4 Å². The first-order chi connectivity index (χ1) is 10.8. The maximum atomic E-state index is 12.2. The number of nitrogens with zero attached hydrogens (tertiary/aromatic N) is 1. The van der Waals surface area contributed by atoms with E-state index in [4.69, 9.17) is 4.74 Å². The van der Waals surface area contributed by atoms with Crippen LogP contribution < -0.4 is 4.90 Å². The summed E-state index contributed by atoms with van der Waals surface area (Å²) in [6, 6.07) is 17.7. The standard InChI is InChI=1S/C17H17NO2.C2H6/c1-13-11-18(16-10-6-5-9-15(13)16)17(19)20-12-14-7-3-2-4-8-14;1-2/h2-10,13H,11-12H2,1H3;1-2H3. The predicted molar refractivity (Wildman–Crippen MR) is 90.2 cm³/mol. The minimum absolute atomic E-state index is 0.273. The minimum Gasteiger partial charge on any atom is -0.444 e. The summed E-state index contributed by atoms with van der Waals surface area (Å²) < 4.78 is 5.40. The average molecular weight is 297 g/mol. The van der Waals surface area contributed by atoms with E-state index in [0.717, 1.165) is 11.3 Å². The topological polar surface area (TPSA) is 29.5 Å². The third-order valence-corrected chi connectivity index (χ3v) is 3.64. The molecule has 22 heavy (non-hydrogen) atoms. The molecule has 3 nitrogen and oxygen atoms in total. The van der Waals surface area contributed by atoms with Crippen LogP contribution in [0.25, 0.3) is 0 Å². The number of amides is 1. The summed E-state index contributed by atoms with van der Waals surface area (Å²) in [6.45, 7) is 7.13. The first kappa shape index (κ1) is 16.1. The first-order valence-corrected chi connectivity index (χ1v) is 7.83. The molecule has 0 bridgehead atoms. The summed E-state index contributed by atoms with van der Waals surface area (Å²) in [5.41, 5.74) is 3.18. The number of para-hydroxylation sites is 1. The molecule has 0 fully saturated rings. The second-order valence-electron chi connectivity index (χ2n) is 5.11. The molecule has 116 valence electrons. The number of carbonyl (C=O) groups excluding carboxylic acids is 1. The zero-order valence-corrected chi connectivity index (χ0v) is 13.5. The summed E-state index contributed by atoms with van der Waals surface area (Å²) >= 11 is 0. The van der Waals surface area contributed by atoms with Crippen LogP contribution in [-0.2, 0) is 11.3 Å². The van der Waals surface area contributed by atoms with Gasteiger partial charge in [0.25, 0.3) is 0 Å². The van der Waals surface area contributed by atoms with Crippen molar-refractivity contribution in [1.82, 2.24) is 0 Å². The van der Waals surface area contributed by atoms with E-state index in [1.54, 1.807) is 4.90 Å². The summed E-state index contributed by atoms with van der Waals surface area (Å²) in [4.78, 5) is 14.0. The second kappa shape index (κ2) is 7.64. The van der Waals surface area contributed by atoms with Crippen LogP contribution in [0, 0.1) is 0 Å². The van der Waals surface area contributed by atoms with Gasteiger partial charge in [0.1, 0.15) is 6.61 Å². The Morgan fingerprint density at radius 1 is 1.09 bits per heavy atom. The van der Waals surface area contributed by atoms with Gasteiger partial charge in [0.15, 0.2) is 0 Å². The smallest absolute Gasteiger partial charge is 0.414 e. The lowest BCUT2D eigenvalue weighted by molar-refractivity contribution is 0.147. The van der Waals surface area contributed by atoms with Crippen LogP contribution in [0.4, 0.5) is 10.5 Å². The number of hydrogen-bond donors (Lipinski definition) is 0. The van der Waals surface area contributed by atoms with Crippen LogP contribution >= 0.6 is 0 Å². The number of fused-ring (bicyclic) bond motifs is 1. The van der Waals surface area contributed by atoms with Crippen molar-refractivity contribution in [1.29, 1.82) is 0 Å². The van der Waals surface area contributed by atoms with Crippen molar-refractivity contribution in [3.63, 3.8) is 0 Å². The summed E-state index contributed by atoms with van der Waals surface area (Å²) in [7, 11) is 0. The lowest BCUT2D eigenvalue weighted by Crippen LogP contribution is -2.30. The summed E-state index contributed by atoms with van der Waals surface area (Å²) in [5, 5.41) is 0. The molecule has 3 heteroatoms. The number of benzene rings is 2. The molecule has 0 saturated heterocycles. The lowest BCUT2D eigenvalue weighted by Gasteiger charge is -2.17. The zero-order chi connectivity index (χ0) is 15.9. The molecule has 1 aliphatic rings. The van der Waals surface area contributed by atoms with Gasteiger partial charge in [0.05, 0.1) is 5.69 Å². The highest BCUT2D eigenvalue weighted by Gasteiger charge is 2.30. The Balaban J connectivity index is 0.000000847. The van der Waals surface area contributed by atoms with E-state index in [9.17, 15) is 4.79 Å². The molecule has 0 saturated carbocycles. The van der Waals surface area contributed by atoms with E-state index in [1.165, 1.54) is 5.56 Å². The van der Waals surface area contributed by atoms with Crippen molar-refractivity contribution in [3.05, 3.63) is 65.7 Å². The number of carbonyl (C=O) groups is 1. The molecule has 0 aliphatic carbocycles. The highest BCUT2D eigenvalue weighted by atomic mass is 16.6. The van der Waals surface area contributed by atoms with Crippen LogP contribution in [-0.4, -0.2) is 12.6 Å². The molecule has 1 aliphatic heterocycles. The van der Waals surface area contributed by atoms with E-state index in [0.29, 0.717) is 19.1 Å². The van der Waals surface area contributed by atoms with Gasteiger partial charge in [-0.25, -0.2) is 4.79 Å². The summed E-state index contributed by atoms with van der Waals surface area (Å²) in [6.07, 6.45) is -0.273. The Kier molecular flexibility index (Phi) is 5.59. The van der Waals surface area contributed by atoms with E-state index < -0.39 is 0 Å². The first-order valence-electron chi connectivity index (χ1n) is 7.83. The molecule has 3 rings (SSSR count). The highest BCUT2D eigenvalue weighted by molar-refractivity contribution is 5.90. The molecule has 0 N–H and O–H groups in total. The molecule has 0 radical (unpaired) electrons. The van der Waals surface area contributed by atoms with E-state index in [-0.39, 0.29) is 6.09 Å². The van der Waals surface area contributed by atoms with E-state index in [2.05, 4.69) is 13.0 Å². The summed E-state index contributed by atoms with van der Waals surface area (Å²) in [5.74, 6) is 0.357. The minimum atomic E-state index is -0.273. The number of ether oxygens (including phenoxy) is 1. The van der Waals surface area contributed by atoms with Crippen LogP contribution in [0.15, 0.2) is 54.6 Å². The maximum absolute atomic E-state index is 12.2. The average Bonchev–Trinajstić information content (AvgIpc) is 2.93. The fourth-order valence-electron chi connectivity index (χ4n) is 2.59. The van der Waals surface area contributed by atoms with E-state index in [1.807, 2.05) is 62.4 Å². The molecule has 0 aromatic heterocycles. The lowest BCUT2D eigenvalue weighted by atomic mass is 10.0. The molecule has 0 spiro atoms. The predicted octanol–water partition coefficient (Wildman–Crippen LogP) is 4.97. The fourth-order valence-corrected chi connectivity index (χ4v) is 2.59. The molecular formula is C19H23NO2. The Morgan fingerprint density at radius 2 is 1.73 bits per heavy atom. The molecule has 1 heterocycles. The molecule has 1 atom stereocenters. The monoisotopic (exact) mass is 297 g/mol. The number of anilines is 1. The van der Waals surface area contributed by atoms with Crippen molar-refractivity contribution in [3.8, 4) is 0 Å². The van der Waals surface area contributed by atoms with Gasteiger partial charge in [-0.05, 0) is 17.2 Å². The van der Waals surface area contributed by atoms with Crippen molar-refractivity contribution in [2.45, 2.75) is 33.3 Å². The van der Waals surface area contributed by atoms with Crippen LogP contribution in [0.5, 0.6) is 0 Å². The Hall–Kier alpha value is -2.29. The second-order valence-corrected chi connectivity index (χ2v) is 5.11. The Bertz CT molecular complexity index is 610. The fraction of sp³-hybridized carbons (Fsp3) is 0.316. The molecule has 2 aromatic carbocycles. The van der Waals surface area contributed by atoms with E-state index >= 15 is 0 Å². The van der Waals surface area contributed by atoms with Crippen molar-refractivity contribution < 1.29 is 9.53 Å². The quantitative estimate of drug-likeness (QED) is 0.783. The number of rotatable bonds is 2. The van der Waals surface area contributed by atoms with Crippen LogP contribution in [0.3, 0.4) is 0 Å². The third kappa shape index (κ3) is 3.48. The van der Waals surface area contributed by atoms with Gasteiger partial charge in [-0.15, -0.1) is 0 Å². The Morgan fingerprint density at radius 3 is 2.45 bits per heavy atom. The highest BCUT2D eigenvalue weighted by Crippen LogP contribution is 2.35. The normalized spacial score (nSPS) is 15.6. The Labute approximate surface area is 132 Å². The zero-order valence-electron chi connectivity index (χ0n) is 13.5. The molecular weight excluding hydrogens is 274 g/mol. The largest absolute Gasteiger partial charge is 0.444 e. The maximum Gasteiger partial charge on any atom is 0.414 e. The van der Waals surface area contributed by atoms with Gasteiger partial charge in [-0.3, -0.25) is 4.90 Å². The SMILES string of the molecule is CC.CC1CN(C(=O)OCc2ccccc2)c2ccccc21. The number of hydrogen-bond acceptors (Lipinski definition) is 2. The third-order valence-electron chi connectivity index (χ3n) is 3.64. The van der Waals surface area contributed by atoms with Crippen LogP contribution in [0.1, 0.15) is 37.8 Å². The van der Waals surface area contributed by atoms with Gasteiger partial charge >= 0.3 is 6.09 Å².